The van der Waals surface area contributed by atoms with Crippen LogP contribution in [-0.4, -0.2) is 16.1 Å². The first-order valence-corrected chi connectivity index (χ1v) is 5.20. The number of hydrogen-bond acceptors (Lipinski definition) is 3. The third kappa shape index (κ3) is 2.52. The van der Waals surface area contributed by atoms with Crippen molar-refractivity contribution in [2.24, 2.45) is 0 Å². The van der Waals surface area contributed by atoms with Crippen molar-refractivity contribution >= 4 is 17.3 Å². The molecule has 1 unspecified atom stereocenters. The topological polar surface area (TPSA) is 50.2 Å². The fourth-order valence-electron chi connectivity index (χ4n) is 0.979. The minimum Gasteiger partial charge on any atom is -0.481 e. The lowest BCUT2D eigenvalue weighted by molar-refractivity contribution is -0.138. The summed E-state index contributed by atoms with van der Waals surface area (Å²) >= 11 is 1.55. The van der Waals surface area contributed by atoms with Gasteiger partial charge in [0, 0.05) is 5.38 Å². The molecular weight excluding hydrogens is 186 g/mol. The van der Waals surface area contributed by atoms with Gasteiger partial charge in [-0.25, -0.2) is 4.98 Å². The minimum absolute atomic E-state index is 0.484. The van der Waals surface area contributed by atoms with Crippen LogP contribution in [0, 0.1) is 0 Å². The van der Waals surface area contributed by atoms with Crippen LogP contribution in [0.4, 0.5) is 0 Å². The summed E-state index contributed by atoms with van der Waals surface area (Å²) in [5.41, 5.74) is 0.681. The molecule has 0 amide bonds. The summed E-state index contributed by atoms with van der Waals surface area (Å²) in [5.74, 6) is -1.30. The molecule has 1 heterocycles. The smallest absolute Gasteiger partial charge is 0.312 e. The summed E-state index contributed by atoms with van der Waals surface area (Å²) in [6.45, 7) is 3.74. The lowest BCUT2D eigenvalue weighted by Gasteiger charge is -1.99. The van der Waals surface area contributed by atoms with Crippen molar-refractivity contribution in [3.8, 4) is 0 Å². The van der Waals surface area contributed by atoms with Crippen molar-refractivity contribution in [3.63, 3.8) is 0 Å². The predicted octanol–water partition coefficient (Wildman–Crippen LogP) is 2.28. The van der Waals surface area contributed by atoms with Gasteiger partial charge in [0.25, 0.3) is 0 Å². The van der Waals surface area contributed by atoms with Gasteiger partial charge in [-0.3, -0.25) is 4.79 Å². The normalized spacial score (nSPS) is 12.8. The summed E-state index contributed by atoms with van der Waals surface area (Å²) in [6.07, 6.45) is 1.99. The Balaban J connectivity index is 2.73. The molecule has 1 aromatic rings. The maximum absolute atomic E-state index is 10.6. The second kappa shape index (κ2) is 4.37. The Morgan fingerprint density at radius 1 is 1.77 bits per heavy atom. The first kappa shape index (κ1) is 10.2. The Morgan fingerprint density at radius 3 is 3.00 bits per heavy atom. The van der Waals surface area contributed by atoms with Crippen LogP contribution in [0.2, 0.25) is 0 Å². The molecule has 0 aromatic carbocycles. The van der Waals surface area contributed by atoms with Crippen molar-refractivity contribution < 1.29 is 9.90 Å². The van der Waals surface area contributed by atoms with Crippen molar-refractivity contribution in [3.05, 3.63) is 16.1 Å². The lowest BCUT2D eigenvalue weighted by atomic mass is 10.1. The number of nitrogens with zero attached hydrogens (tertiary/aromatic N) is 1. The van der Waals surface area contributed by atoms with Crippen molar-refractivity contribution in [2.45, 2.75) is 32.6 Å². The van der Waals surface area contributed by atoms with Crippen LogP contribution in [0.5, 0.6) is 0 Å². The van der Waals surface area contributed by atoms with Crippen molar-refractivity contribution in [2.75, 3.05) is 0 Å². The SMILES string of the molecule is CCCc1nc(C(C)C(=O)O)cs1. The maximum atomic E-state index is 10.6. The Bertz CT molecular complexity index is 296. The highest BCUT2D eigenvalue weighted by molar-refractivity contribution is 7.09. The van der Waals surface area contributed by atoms with Gasteiger partial charge in [-0.05, 0) is 19.8 Å². The lowest BCUT2D eigenvalue weighted by Crippen LogP contribution is -2.07. The summed E-state index contributed by atoms with van der Waals surface area (Å²) in [6, 6.07) is 0. The standard InChI is InChI=1S/C9H13NO2S/c1-3-4-8-10-7(5-13-8)6(2)9(11)12/h5-6H,3-4H2,1-2H3,(H,11,12). The molecule has 13 heavy (non-hydrogen) atoms. The van der Waals surface area contributed by atoms with Crippen LogP contribution >= 0.6 is 11.3 Å². The maximum Gasteiger partial charge on any atom is 0.312 e. The third-order valence-corrected chi connectivity index (χ3v) is 2.77. The van der Waals surface area contributed by atoms with E-state index in [-0.39, 0.29) is 0 Å². The molecule has 4 heteroatoms. The fourth-order valence-corrected chi connectivity index (χ4v) is 1.97. The van der Waals surface area contributed by atoms with Gasteiger partial charge in [-0.2, -0.15) is 0 Å². The summed E-state index contributed by atoms with van der Waals surface area (Å²) in [4.78, 5) is 14.9. The molecule has 0 aliphatic rings. The molecule has 1 atom stereocenters. The van der Waals surface area contributed by atoms with Crippen LogP contribution in [0.25, 0.3) is 0 Å². The van der Waals surface area contributed by atoms with E-state index in [1.165, 1.54) is 0 Å². The molecule has 0 saturated heterocycles. The second-order valence-electron chi connectivity index (χ2n) is 2.98. The Hall–Kier alpha value is -0.900. The van der Waals surface area contributed by atoms with Crippen LogP contribution in [0.15, 0.2) is 5.38 Å². The fraction of sp³-hybridized carbons (Fsp3) is 0.556. The molecule has 1 rings (SSSR count). The molecule has 72 valence electrons. The molecular formula is C9H13NO2S. The number of hydrogen-bond donors (Lipinski definition) is 1. The molecule has 0 fully saturated rings. The van der Waals surface area contributed by atoms with E-state index < -0.39 is 11.9 Å². The van der Waals surface area contributed by atoms with Gasteiger partial charge in [-0.1, -0.05) is 6.92 Å². The number of aromatic nitrogens is 1. The van der Waals surface area contributed by atoms with E-state index >= 15 is 0 Å². The average molecular weight is 199 g/mol. The zero-order valence-corrected chi connectivity index (χ0v) is 8.60. The van der Waals surface area contributed by atoms with Crippen LogP contribution in [0.3, 0.4) is 0 Å². The van der Waals surface area contributed by atoms with Gasteiger partial charge < -0.3 is 5.11 Å². The molecule has 0 aliphatic heterocycles. The van der Waals surface area contributed by atoms with E-state index in [9.17, 15) is 4.79 Å². The van der Waals surface area contributed by atoms with Crippen molar-refractivity contribution in [1.29, 1.82) is 0 Å². The summed E-state index contributed by atoms with van der Waals surface area (Å²) in [5, 5.41) is 11.6. The van der Waals surface area contributed by atoms with E-state index in [4.69, 9.17) is 5.11 Å². The minimum atomic E-state index is -0.812. The van der Waals surface area contributed by atoms with Gasteiger partial charge in [-0.15, -0.1) is 11.3 Å². The van der Waals surface area contributed by atoms with E-state index in [0.717, 1.165) is 17.8 Å². The second-order valence-corrected chi connectivity index (χ2v) is 3.92. The number of thiazole rings is 1. The number of carboxylic acids is 1. The van der Waals surface area contributed by atoms with Gasteiger partial charge in [0.05, 0.1) is 16.6 Å². The van der Waals surface area contributed by atoms with Gasteiger partial charge in [0.1, 0.15) is 0 Å². The Morgan fingerprint density at radius 2 is 2.46 bits per heavy atom. The molecule has 0 aliphatic carbocycles. The highest BCUT2D eigenvalue weighted by Crippen LogP contribution is 2.19. The largest absolute Gasteiger partial charge is 0.481 e. The van der Waals surface area contributed by atoms with Crippen LogP contribution in [0.1, 0.15) is 36.9 Å². The molecule has 1 N–H and O–H groups in total. The number of aryl methyl sites for hydroxylation is 1. The number of carboxylic acid groups (broad SMARTS) is 1. The molecule has 0 saturated carbocycles. The Kier molecular flexibility index (Phi) is 3.42. The van der Waals surface area contributed by atoms with E-state index in [1.54, 1.807) is 18.3 Å². The zero-order valence-electron chi connectivity index (χ0n) is 7.78. The molecule has 0 bridgehead atoms. The third-order valence-electron chi connectivity index (χ3n) is 1.85. The van der Waals surface area contributed by atoms with Gasteiger partial charge >= 0.3 is 5.97 Å². The quantitative estimate of drug-likeness (QED) is 0.809. The predicted molar refractivity (Wildman–Crippen MR) is 52.2 cm³/mol. The van der Waals surface area contributed by atoms with Crippen LogP contribution in [-0.2, 0) is 11.2 Å². The first-order valence-electron chi connectivity index (χ1n) is 4.32. The summed E-state index contributed by atoms with van der Waals surface area (Å²) in [7, 11) is 0. The number of carbonyl (C=O) groups is 1. The van der Waals surface area contributed by atoms with E-state index in [0.29, 0.717) is 5.69 Å². The van der Waals surface area contributed by atoms with Gasteiger partial charge in [0.15, 0.2) is 0 Å². The molecule has 1 aromatic heterocycles. The van der Waals surface area contributed by atoms with E-state index in [2.05, 4.69) is 11.9 Å². The monoisotopic (exact) mass is 199 g/mol. The molecule has 0 spiro atoms. The number of rotatable bonds is 4. The van der Waals surface area contributed by atoms with Gasteiger partial charge in [0.2, 0.25) is 0 Å². The molecule has 3 nitrogen and oxygen atoms in total. The first-order chi connectivity index (χ1) is 6.15. The van der Waals surface area contributed by atoms with Crippen molar-refractivity contribution in [1.82, 2.24) is 4.98 Å². The molecule has 0 radical (unpaired) electrons. The highest BCUT2D eigenvalue weighted by atomic mass is 32.1. The van der Waals surface area contributed by atoms with Crippen LogP contribution < -0.4 is 0 Å². The summed E-state index contributed by atoms with van der Waals surface area (Å²) < 4.78 is 0. The number of aliphatic carboxylic acids is 1. The highest BCUT2D eigenvalue weighted by Gasteiger charge is 2.16. The average Bonchev–Trinajstić information content (AvgIpc) is 2.52. The Labute approximate surface area is 81.4 Å². The zero-order chi connectivity index (χ0) is 9.84. The van der Waals surface area contributed by atoms with E-state index in [1.807, 2.05) is 5.38 Å².